The van der Waals surface area contributed by atoms with E-state index in [4.69, 9.17) is 10.2 Å². The van der Waals surface area contributed by atoms with E-state index in [1.165, 1.54) is 77.6 Å². The quantitative estimate of drug-likeness (QED) is 0.162. The van der Waals surface area contributed by atoms with Gasteiger partial charge in [-0.1, -0.05) is 109 Å². The van der Waals surface area contributed by atoms with Gasteiger partial charge in [0.2, 0.25) is 10.3 Å². The molecule has 7 rings (SSSR count). The predicted molar refractivity (Wildman–Crippen MR) is 201 cm³/mol. The highest BCUT2D eigenvalue weighted by Crippen LogP contribution is 2.37. The van der Waals surface area contributed by atoms with Crippen molar-refractivity contribution in [2.75, 3.05) is 0 Å². The Bertz CT molecular complexity index is 2200. The minimum absolute atomic E-state index is 0.719. The van der Waals surface area contributed by atoms with Crippen LogP contribution in [0.3, 0.4) is 0 Å². The summed E-state index contributed by atoms with van der Waals surface area (Å²) in [6.45, 7) is 19.2. The Morgan fingerprint density at radius 1 is 0.591 bits per heavy atom. The van der Waals surface area contributed by atoms with Crippen LogP contribution in [0.1, 0.15) is 16.7 Å². The number of benzene rings is 4. The molecular weight excluding hydrogens is 605 g/mol. The highest BCUT2D eigenvalue weighted by molar-refractivity contribution is 7.16. The molecule has 0 saturated heterocycles. The minimum atomic E-state index is -1.48. The largest absolute Gasteiger partial charge is 0.284 e. The van der Waals surface area contributed by atoms with Crippen LogP contribution in [0.25, 0.3) is 53.9 Å². The van der Waals surface area contributed by atoms with E-state index in [9.17, 15) is 0 Å². The molecule has 0 aliphatic rings. The maximum Gasteiger partial charge on any atom is 0.219 e. The summed E-state index contributed by atoms with van der Waals surface area (Å²) in [7, 11) is -2.93. The van der Waals surface area contributed by atoms with Crippen molar-refractivity contribution in [2.24, 2.45) is 0 Å². The lowest BCUT2D eigenvalue weighted by molar-refractivity contribution is 0.975. The van der Waals surface area contributed by atoms with Crippen LogP contribution in [0.2, 0.25) is 45.8 Å². The molecule has 4 nitrogen and oxygen atoms in total. The van der Waals surface area contributed by atoms with Gasteiger partial charge < -0.3 is 0 Å². The van der Waals surface area contributed by atoms with Crippen LogP contribution in [0.15, 0.2) is 72.8 Å². The van der Waals surface area contributed by atoms with Gasteiger partial charge in [0.25, 0.3) is 0 Å². The van der Waals surface area contributed by atoms with E-state index in [1.807, 2.05) is 0 Å². The second-order valence-corrected chi connectivity index (χ2v) is 26.8. The van der Waals surface area contributed by atoms with E-state index >= 15 is 0 Å². The lowest BCUT2D eigenvalue weighted by Crippen LogP contribution is -2.37. The van der Waals surface area contributed by atoms with Gasteiger partial charge in [0.15, 0.2) is 0 Å². The summed E-state index contributed by atoms with van der Waals surface area (Å²) in [6.07, 6.45) is 0. The molecular formula is C36H42N4SSi3. The van der Waals surface area contributed by atoms with Crippen LogP contribution in [0.4, 0.5) is 0 Å². The topological polar surface area (TPSA) is 35.6 Å². The summed E-state index contributed by atoms with van der Waals surface area (Å²) >= 11 is 1.68. The Morgan fingerprint density at radius 3 is 1.50 bits per heavy atom. The Labute approximate surface area is 268 Å². The smallest absolute Gasteiger partial charge is 0.219 e. The van der Waals surface area contributed by atoms with E-state index in [1.54, 1.807) is 11.3 Å². The monoisotopic (exact) mass is 646 g/mol. The molecule has 0 bridgehead atoms. The number of hydrogen-bond donors (Lipinski definition) is 0. The molecule has 224 valence electrons. The standard InChI is InChI=1S/C36H42N4SSi3/c1-23-9-13-31-27(17-23)28-18-24(21-42(2)3)10-14-32(28)39(31)35-37-38-36(41-35)40-33-15-11-25(22-43(4)5)19-29(33)30-20-26(44(6,7)8)12-16-34(30)40/h9-20,42-43H,21-22H2,1-8H3. The van der Waals surface area contributed by atoms with Gasteiger partial charge in [-0.3, -0.25) is 9.13 Å². The number of hydrogen-bond acceptors (Lipinski definition) is 3. The minimum Gasteiger partial charge on any atom is -0.284 e. The van der Waals surface area contributed by atoms with E-state index in [0.29, 0.717) is 0 Å². The zero-order valence-corrected chi connectivity index (χ0v) is 31.3. The zero-order valence-electron chi connectivity index (χ0n) is 27.2. The van der Waals surface area contributed by atoms with Gasteiger partial charge in [0, 0.05) is 39.1 Å². The fourth-order valence-corrected chi connectivity index (χ4v) is 11.2. The second-order valence-electron chi connectivity index (χ2n) is 14.4. The van der Waals surface area contributed by atoms with E-state index in [0.717, 1.165) is 10.3 Å². The molecule has 3 aromatic heterocycles. The third-order valence-electron chi connectivity index (χ3n) is 8.75. The van der Waals surface area contributed by atoms with Crippen molar-refractivity contribution < 1.29 is 0 Å². The maximum absolute atomic E-state index is 4.88. The lowest BCUT2D eigenvalue weighted by atomic mass is 10.1. The molecule has 0 atom stereocenters. The maximum atomic E-state index is 4.88. The second kappa shape index (κ2) is 10.9. The van der Waals surface area contributed by atoms with Crippen molar-refractivity contribution in [3.8, 4) is 10.3 Å². The van der Waals surface area contributed by atoms with E-state index < -0.39 is 25.7 Å². The number of fused-ring (bicyclic) bond motifs is 6. The molecule has 7 aromatic rings. The van der Waals surface area contributed by atoms with Gasteiger partial charge in [-0.2, -0.15) is 0 Å². The molecule has 3 heterocycles. The van der Waals surface area contributed by atoms with Crippen LogP contribution >= 0.6 is 11.3 Å². The van der Waals surface area contributed by atoms with Crippen molar-refractivity contribution in [3.05, 3.63) is 89.5 Å². The van der Waals surface area contributed by atoms with Gasteiger partial charge >= 0.3 is 0 Å². The number of aromatic nitrogens is 4. The third-order valence-corrected chi connectivity index (χ3v) is 14.3. The van der Waals surface area contributed by atoms with E-state index in [-0.39, 0.29) is 0 Å². The summed E-state index contributed by atoms with van der Waals surface area (Å²) in [6, 6.07) is 30.5. The molecule has 0 radical (unpaired) electrons. The summed E-state index contributed by atoms with van der Waals surface area (Å²) in [5.74, 6) is 0. The first-order valence-electron chi connectivity index (χ1n) is 15.9. The number of nitrogens with zero attached hydrogens (tertiary/aromatic N) is 4. The Balaban J connectivity index is 1.44. The van der Waals surface area contributed by atoms with Gasteiger partial charge in [0.1, 0.15) is 0 Å². The highest BCUT2D eigenvalue weighted by atomic mass is 32.1. The van der Waals surface area contributed by atoms with Gasteiger partial charge in [-0.15, -0.1) is 10.2 Å². The molecule has 0 spiro atoms. The summed E-state index contributed by atoms with van der Waals surface area (Å²) in [4.78, 5) is 0. The Hall–Kier alpha value is -3.31. The third kappa shape index (κ3) is 5.11. The van der Waals surface area contributed by atoms with Crippen molar-refractivity contribution in [2.45, 2.75) is 64.8 Å². The van der Waals surface area contributed by atoms with Crippen LogP contribution in [0, 0.1) is 6.92 Å². The van der Waals surface area contributed by atoms with Crippen LogP contribution in [-0.4, -0.2) is 45.0 Å². The molecule has 0 aliphatic carbocycles. The molecule has 8 heteroatoms. The molecule has 0 aliphatic heterocycles. The highest BCUT2D eigenvalue weighted by Gasteiger charge is 2.22. The van der Waals surface area contributed by atoms with Crippen molar-refractivity contribution in [3.63, 3.8) is 0 Å². The van der Waals surface area contributed by atoms with Crippen LogP contribution in [-0.2, 0) is 12.1 Å². The first-order valence-corrected chi connectivity index (χ1v) is 26.5. The van der Waals surface area contributed by atoms with Crippen molar-refractivity contribution in [1.82, 2.24) is 19.3 Å². The van der Waals surface area contributed by atoms with Crippen molar-refractivity contribution in [1.29, 1.82) is 0 Å². The molecule has 44 heavy (non-hydrogen) atoms. The average molecular weight is 647 g/mol. The van der Waals surface area contributed by atoms with Crippen LogP contribution in [0.5, 0.6) is 0 Å². The number of rotatable bonds is 7. The summed E-state index contributed by atoms with van der Waals surface area (Å²) < 4.78 is 4.67. The zero-order chi connectivity index (χ0) is 30.9. The Kier molecular flexibility index (Phi) is 7.31. The fraction of sp³-hybridized carbons (Fsp3) is 0.278. The van der Waals surface area contributed by atoms with Gasteiger partial charge in [-0.05, 0) is 61.5 Å². The molecule has 0 unspecified atom stereocenters. The van der Waals surface area contributed by atoms with Gasteiger partial charge in [-0.25, -0.2) is 0 Å². The summed E-state index contributed by atoms with van der Waals surface area (Å²) in [5.41, 5.74) is 8.99. The average Bonchev–Trinajstić information content (AvgIpc) is 3.63. The first-order chi connectivity index (χ1) is 21.0. The van der Waals surface area contributed by atoms with Crippen molar-refractivity contribution >= 4 is 85.8 Å². The first kappa shape index (κ1) is 29.4. The van der Waals surface area contributed by atoms with Crippen LogP contribution < -0.4 is 5.19 Å². The molecule has 0 amide bonds. The molecule has 0 fully saturated rings. The lowest BCUT2D eigenvalue weighted by Gasteiger charge is -2.16. The SMILES string of the molecule is Cc1ccc2c(c1)c1cc(C[SiH](C)C)ccc1n2-c1nnc(-n2c3ccc(C[SiH](C)C)cc3c3cc([Si](C)(C)C)ccc32)s1. The molecule has 4 aromatic carbocycles. The molecule has 0 saturated carbocycles. The van der Waals surface area contributed by atoms with E-state index in [2.05, 4.69) is 135 Å². The number of aryl methyl sites for hydroxylation is 1. The Morgan fingerprint density at radius 2 is 1.02 bits per heavy atom. The van der Waals surface area contributed by atoms with Gasteiger partial charge in [0.05, 0.1) is 30.1 Å². The predicted octanol–water partition coefficient (Wildman–Crippen LogP) is 8.72. The fourth-order valence-electron chi connectivity index (χ4n) is 6.72. The summed E-state index contributed by atoms with van der Waals surface area (Å²) in [5, 5.41) is 18.3. The normalized spacial score (nSPS) is 12.7. The molecule has 0 N–H and O–H groups in total.